The second-order valence-electron chi connectivity index (χ2n) is 7.63. The van der Waals surface area contributed by atoms with Crippen molar-refractivity contribution in [3.05, 3.63) is 64.5 Å². The molecule has 3 aliphatic rings. The van der Waals surface area contributed by atoms with E-state index in [4.69, 9.17) is 18.4 Å². The summed E-state index contributed by atoms with van der Waals surface area (Å²) in [6.07, 6.45) is -6.70. The molecule has 5 rings (SSSR count). The van der Waals surface area contributed by atoms with Crippen LogP contribution < -0.4 is 10.6 Å². The van der Waals surface area contributed by atoms with Gasteiger partial charge in [0.1, 0.15) is 11.9 Å². The molecule has 2 aromatic rings. The molecule has 9 heteroatoms. The predicted octanol–water partition coefficient (Wildman–Crippen LogP) is 2.03. The third-order valence-electron chi connectivity index (χ3n) is 5.43. The van der Waals surface area contributed by atoms with Crippen LogP contribution >= 0.6 is 0 Å². The number of morpholine rings is 1. The summed E-state index contributed by atoms with van der Waals surface area (Å²) in [7, 11) is 0. The van der Waals surface area contributed by atoms with Gasteiger partial charge in [0.25, 0.3) is 5.91 Å². The number of nitrogens with zero attached hydrogens (tertiary/aromatic N) is 2. The molecule has 34 heavy (non-hydrogen) atoms. The van der Waals surface area contributed by atoms with Gasteiger partial charge in [0.05, 0.1) is 18.7 Å². The molecular weight excluding hydrogens is 439 g/mol. The highest BCUT2D eigenvalue weighted by Gasteiger charge is 2.39. The van der Waals surface area contributed by atoms with Crippen LogP contribution in [0.4, 0.5) is 10.1 Å². The number of ether oxygens (including phenoxy) is 1. The van der Waals surface area contributed by atoms with Crippen molar-refractivity contribution in [2.24, 2.45) is 0 Å². The van der Waals surface area contributed by atoms with Crippen molar-refractivity contribution in [3.63, 3.8) is 0 Å². The van der Waals surface area contributed by atoms with Crippen molar-refractivity contribution in [3.8, 4) is 0 Å². The summed E-state index contributed by atoms with van der Waals surface area (Å²) in [6, 6.07) is 4.67. The Morgan fingerprint density at radius 3 is 2.74 bits per heavy atom. The van der Waals surface area contributed by atoms with Gasteiger partial charge in [-0.05, 0) is 18.5 Å². The highest BCUT2D eigenvalue weighted by Crippen LogP contribution is 2.32. The maximum atomic E-state index is 15.9. The van der Waals surface area contributed by atoms with Gasteiger partial charge in [0.15, 0.2) is 0 Å². The van der Waals surface area contributed by atoms with Gasteiger partial charge in [-0.2, -0.15) is 0 Å². The zero-order chi connectivity index (χ0) is 32.6. The van der Waals surface area contributed by atoms with Crippen LogP contribution in [0, 0.1) is 5.82 Å². The van der Waals surface area contributed by atoms with E-state index < -0.39 is 84.1 Å². The predicted molar refractivity (Wildman–Crippen MR) is 122 cm³/mol. The number of halogens is 1. The van der Waals surface area contributed by atoms with E-state index in [-0.39, 0.29) is 36.9 Å². The molecule has 8 nitrogen and oxygen atoms in total. The Morgan fingerprint density at radius 1 is 1.15 bits per heavy atom. The van der Waals surface area contributed by atoms with E-state index in [2.05, 4.69) is 5.32 Å². The number of benzene rings is 2. The largest absolute Gasteiger partial charge is 0.381 e. The molecule has 178 valence electrons. The van der Waals surface area contributed by atoms with Crippen molar-refractivity contribution >= 4 is 23.4 Å². The first kappa shape index (κ1) is 13.6. The number of hydrogen-bond donors (Lipinski definition) is 2. The number of rotatable bonds is 6. The summed E-state index contributed by atoms with van der Waals surface area (Å²) in [5, 5.41) is 4.03. The zero-order valence-corrected chi connectivity index (χ0v) is 17.8. The van der Waals surface area contributed by atoms with Crippen molar-refractivity contribution < 1.29 is 37.2 Å². The number of hydrogen-bond acceptors (Lipinski definition) is 6. The van der Waals surface area contributed by atoms with Gasteiger partial charge in [0, 0.05) is 75.1 Å². The number of carbonyl (C=O) groups excluding carboxylic acids is 3. The Labute approximate surface area is 211 Å². The lowest BCUT2D eigenvalue weighted by atomic mass is 10.0. The first-order valence-corrected chi connectivity index (χ1v) is 10.5. The first-order chi connectivity index (χ1) is 20.3. The lowest BCUT2D eigenvalue weighted by Crippen LogP contribution is -2.52. The number of amides is 3. The molecule has 0 bridgehead atoms. The molecule has 2 N–H and O–H groups in total. The minimum absolute atomic E-state index is 0.171. The third kappa shape index (κ3) is 4.41. The van der Waals surface area contributed by atoms with Gasteiger partial charge in [-0.1, -0.05) is 24.3 Å². The molecular formula is C25H27FN4O4. The van der Waals surface area contributed by atoms with E-state index in [0.717, 1.165) is 12.1 Å². The van der Waals surface area contributed by atoms with E-state index in [0.29, 0.717) is 0 Å². The molecule has 3 aliphatic heterocycles. The molecule has 2 fully saturated rings. The fourth-order valence-corrected chi connectivity index (χ4v) is 3.73. The SMILES string of the molecule is [2H]C([2H])(Nc1cccc2c1C([2H])([2H])N(C1C(=O)NC(=O)C([2H])([2H])C1([2H])[2H])C2=O)c1cccc(C([2H])([2H])N2CCOCC2)c1F. The summed E-state index contributed by atoms with van der Waals surface area (Å²) in [5.74, 6) is -5.46. The molecule has 0 aromatic heterocycles. The normalized spacial score (nSPS) is 30.6. The molecule has 1 unspecified atom stereocenters. The Kier molecular flexibility index (Phi) is 3.79. The van der Waals surface area contributed by atoms with Gasteiger partial charge in [-0.3, -0.25) is 24.6 Å². The van der Waals surface area contributed by atoms with E-state index in [9.17, 15) is 14.4 Å². The molecule has 0 spiro atoms. The van der Waals surface area contributed by atoms with Gasteiger partial charge in [-0.25, -0.2) is 4.39 Å². The number of fused-ring (bicyclic) bond motifs is 1. The zero-order valence-electron chi connectivity index (χ0n) is 27.8. The summed E-state index contributed by atoms with van der Waals surface area (Å²) < 4.78 is 105. The topological polar surface area (TPSA) is 91.0 Å². The second kappa shape index (κ2) is 9.52. The van der Waals surface area contributed by atoms with Gasteiger partial charge in [0.2, 0.25) is 11.8 Å². The van der Waals surface area contributed by atoms with Crippen molar-refractivity contribution in [1.29, 1.82) is 0 Å². The quantitative estimate of drug-likeness (QED) is 0.620. The highest BCUT2D eigenvalue weighted by molar-refractivity contribution is 6.06. The van der Waals surface area contributed by atoms with Gasteiger partial charge >= 0.3 is 0 Å². The van der Waals surface area contributed by atoms with Crippen LogP contribution in [0.5, 0.6) is 0 Å². The fourth-order valence-electron chi connectivity index (χ4n) is 3.73. The van der Waals surface area contributed by atoms with E-state index in [1.807, 2.05) is 0 Å². The number of imide groups is 1. The standard InChI is InChI=1S/C25H27FN4O4/c26-23-16(3-1-4-17(23)14-29-9-11-34-12-10-29)13-27-20-6-2-5-18-19(20)15-30(25(18)33)21-7-8-22(31)28-24(21)32/h1-6,21,27H,7-15H2,(H,28,31,32)/i7D2,8D2,13D2,14D2,15D2. The molecule has 2 saturated heterocycles. The lowest BCUT2D eigenvalue weighted by molar-refractivity contribution is -0.136. The number of anilines is 1. The fraction of sp³-hybridized carbons (Fsp3) is 0.400. The van der Waals surface area contributed by atoms with Crippen LogP contribution in [-0.4, -0.2) is 59.9 Å². The Bertz CT molecular complexity index is 1550. The molecule has 3 heterocycles. The molecule has 0 saturated carbocycles. The Hall–Kier alpha value is -3.30. The Balaban J connectivity index is 1.53. The average Bonchev–Trinajstić information content (AvgIpc) is 3.13. The molecule has 2 aromatic carbocycles. The van der Waals surface area contributed by atoms with Crippen LogP contribution in [0.15, 0.2) is 36.4 Å². The number of nitrogens with one attached hydrogen (secondary N) is 2. The van der Waals surface area contributed by atoms with Crippen LogP contribution in [0.25, 0.3) is 0 Å². The molecule has 0 aliphatic carbocycles. The second-order valence-corrected chi connectivity index (χ2v) is 7.63. The lowest BCUT2D eigenvalue weighted by Gasteiger charge is -2.29. The number of piperidine rings is 1. The van der Waals surface area contributed by atoms with Crippen molar-refractivity contribution in [2.45, 2.75) is 38.3 Å². The Morgan fingerprint density at radius 2 is 1.91 bits per heavy atom. The van der Waals surface area contributed by atoms with E-state index in [1.165, 1.54) is 29.2 Å². The van der Waals surface area contributed by atoms with Gasteiger partial charge in [-0.15, -0.1) is 0 Å². The average molecular weight is 477 g/mol. The van der Waals surface area contributed by atoms with Gasteiger partial charge < -0.3 is 15.0 Å². The minimum Gasteiger partial charge on any atom is -0.381 e. The number of carbonyl (C=O) groups is 3. The molecule has 0 radical (unpaired) electrons. The smallest absolute Gasteiger partial charge is 0.255 e. The summed E-state index contributed by atoms with van der Waals surface area (Å²) >= 11 is 0. The summed E-state index contributed by atoms with van der Waals surface area (Å²) in [4.78, 5) is 39.9. The van der Waals surface area contributed by atoms with E-state index in [1.54, 1.807) is 5.32 Å². The van der Waals surface area contributed by atoms with Crippen LogP contribution in [0.2, 0.25) is 0 Å². The van der Waals surface area contributed by atoms with E-state index >= 15 is 4.39 Å². The van der Waals surface area contributed by atoms with Crippen LogP contribution in [0.1, 0.15) is 53.5 Å². The van der Waals surface area contributed by atoms with Crippen LogP contribution in [-0.2, 0) is 33.8 Å². The summed E-state index contributed by atoms with van der Waals surface area (Å²) in [6.45, 7) is -7.41. The first-order valence-electron chi connectivity index (χ1n) is 15.5. The monoisotopic (exact) mass is 476 g/mol. The van der Waals surface area contributed by atoms with Crippen molar-refractivity contribution in [2.75, 3.05) is 31.6 Å². The maximum absolute atomic E-state index is 15.9. The van der Waals surface area contributed by atoms with Crippen LogP contribution in [0.3, 0.4) is 0 Å². The summed E-state index contributed by atoms with van der Waals surface area (Å²) in [5.41, 5.74) is -2.37. The minimum atomic E-state index is -3.37. The molecule has 1 atom stereocenters. The third-order valence-corrected chi connectivity index (χ3v) is 5.43. The molecule has 3 amide bonds. The maximum Gasteiger partial charge on any atom is 0.255 e. The van der Waals surface area contributed by atoms with Crippen molar-refractivity contribution in [1.82, 2.24) is 15.1 Å². The highest BCUT2D eigenvalue weighted by atomic mass is 19.1.